The molecule has 0 spiro atoms. The van der Waals surface area contributed by atoms with E-state index in [4.69, 9.17) is 0 Å². The van der Waals surface area contributed by atoms with Crippen LogP contribution in [0.2, 0.25) is 0 Å². The third-order valence-corrected chi connectivity index (χ3v) is 6.16. The molecule has 0 saturated carbocycles. The van der Waals surface area contributed by atoms with Crippen molar-refractivity contribution in [3.05, 3.63) is 27.9 Å². The summed E-state index contributed by atoms with van der Waals surface area (Å²) >= 11 is 0. The highest BCUT2D eigenvalue weighted by Crippen LogP contribution is 2.23. The van der Waals surface area contributed by atoms with E-state index in [-0.39, 0.29) is 11.5 Å². The normalized spacial score (nSPS) is 22.6. The highest BCUT2D eigenvalue weighted by atomic mass is 16.2. The van der Waals surface area contributed by atoms with Gasteiger partial charge in [-0.25, -0.2) is 4.98 Å². The Labute approximate surface area is 156 Å². The van der Waals surface area contributed by atoms with Gasteiger partial charge in [-0.05, 0) is 64.5 Å². The van der Waals surface area contributed by atoms with Crippen LogP contribution in [0.4, 0.5) is 0 Å². The van der Waals surface area contributed by atoms with Crippen molar-refractivity contribution in [1.82, 2.24) is 19.4 Å². The van der Waals surface area contributed by atoms with Gasteiger partial charge in [0.25, 0.3) is 5.56 Å². The number of carbonyl (C=O) groups is 1. The predicted octanol–water partition coefficient (Wildman–Crippen LogP) is 1.83. The Bertz CT molecular complexity index is 692. The van der Waals surface area contributed by atoms with Crippen molar-refractivity contribution in [3.8, 4) is 0 Å². The van der Waals surface area contributed by atoms with Gasteiger partial charge in [-0.15, -0.1) is 0 Å². The highest BCUT2D eigenvalue weighted by molar-refractivity contribution is 5.73. The molecule has 2 saturated heterocycles. The summed E-state index contributed by atoms with van der Waals surface area (Å²) < 4.78 is 1.79. The van der Waals surface area contributed by atoms with Gasteiger partial charge in [-0.2, -0.15) is 0 Å². The first kappa shape index (κ1) is 19.1. The first-order valence-corrected chi connectivity index (χ1v) is 9.94. The number of amides is 1. The maximum absolute atomic E-state index is 12.4. The molecule has 2 fully saturated rings. The number of nitrogens with zero attached hydrogens (tertiary/aromatic N) is 4. The second kappa shape index (κ2) is 8.33. The first-order valence-electron chi connectivity index (χ1n) is 9.94. The van der Waals surface area contributed by atoms with Crippen LogP contribution in [0.15, 0.2) is 11.1 Å². The zero-order valence-electron chi connectivity index (χ0n) is 16.4. The largest absolute Gasteiger partial charge is 0.343 e. The molecule has 6 heteroatoms. The number of hydrogen-bond donors (Lipinski definition) is 0. The smallest absolute Gasteiger partial charge is 0.256 e. The first-order chi connectivity index (χ1) is 12.4. The van der Waals surface area contributed by atoms with Gasteiger partial charge in [0.2, 0.25) is 5.91 Å². The average Bonchev–Trinajstić information content (AvgIpc) is 2.64. The molecule has 0 N–H and O–H groups in total. The summed E-state index contributed by atoms with van der Waals surface area (Å²) in [6.45, 7) is 11.3. The minimum atomic E-state index is 0.103. The molecule has 1 aromatic heterocycles. The molecule has 0 bridgehead atoms. The fraction of sp³-hybridized carbons (Fsp3) is 0.750. The molecule has 1 aromatic rings. The minimum absolute atomic E-state index is 0.103. The lowest BCUT2D eigenvalue weighted by Crippen LogP contribution is -2.45. The molecular formula is C20H32N4O2. The second-order valence-corrected chi connectivity index (χ2v) is 8.13. The van der Waals surface area contributed by atoms with Crippen molar-refractivity contribution >= 4 is 5.91 Å². The van der Waals surface area contributed by atoms with Crippen molar-refractivity contribution in [2.45, 2.75) is 53.0 Å². The summed E-state index contributed by atoms with van der Waals surface area (Å²) in [5.74, 6) is 1.37. The third kappa shape index (κ3) is 4.53. The Morgan fingerprint density at radius 1 is 1.12 bits per heavy atom. The maximum atomic E-state index is 12.4. The standard InChI is InChI=1S/C20H32N4O2/c1-15-16(2)21-14-24(20(15)26)12-18-6-9-22(10-7-18)11-19-5-4-8-23(13-19)17(3)25/h14,18-19H,4-13H2,1-3H3. The van der Waals surface area contributed by atoms with Gasteiger partial charge >= 0.3 is 0 Å². The summed E-state index contributed by atoms with van der Waals surface area (Å²) in [5, 5.41) is 0. The third-order valence-electron chi connectivity index (χ3n) is 6.16. The molecular weight excluding hydrogens is 328 g/mol. The van der Waals surface area contributed by atoms with Crippen LogP contribution in [0.1, 0.15) is 43.9 Å². The van der Waals surface area contributed by atoms with Crippen LogP contribution in [-0.2, 0) is 11.3 Å². The van der Waals surface area contributed by atoms with Crippen molar-refractivity contribution in [1.29, 1.82) is 0 Å². The van der Waals surface area contributed by atoms with Crippen LogP contribution in [0, 0.1) is 25.7 Å². The van der Waals surface area contributed by atoms with Crippen molar-refractivity contribution in [2.24, 2.45) is 11.8 Å². The Balaban J connectivity index is 1.48. The number of piperidine rings is 2. The maximum Gasteiger partial charge on any atom is 0.256 e. The molecule has 0 aromatic carbocycles. The Kier molecular flexibility index (Phi) is 6.12. The number of aromatic nitrogens is 2. The van der Waals surface area contributed by atoms with Crippen LogP contribution < -0.4 is 5.56 Å². The lowest BCUT2D eigenvalue weighted by molar-refractivity contribution is -0.130. The van der Waals surface area contributed by atoms with Crippen molar-refractivity contribution < 1.29 is 4.79 Å². The number of carbonyl (C=O) groups excluding carboxylic acids is 1. The molecule has 2 aliphatic heterocycles. The lowest BCUT2D eigenvalue weighted by Gasteiger charge is -2.38. The van der Waals surface area contributed by atoms with Crippen LogP contribution in [0.5, 0.6) is 0 Å². The molecule has 26 heavy (non-hydrogen) atoms. The van der Waals surface area contributed by atoms with E-state index in [1.807, 2.05) is 18.7 Å². The minimum Gasteiger partial charge on any atom is -0.343 e. The van der Waals surface area contributed by atoms with E-state index in [0.717, 1.165) is 69.8 Å². The van der Waals surface area contributed by atoms with Gasteiger partial charge in [0.15, 0.2) is 0 Å². The molecule has 3 rings (SSSR count). The lowest BCUT2D eigenvalue weighted by atomic mass is 9.93. The van der Waals surface area contributed by atoms with Gasteiger partial charge in [0, 0.05) is 44.4 Å². The average molecular weight is 361 g/mol. The number of hydrogen-bond acceptors (Lipinski definition) is 4. The fourth-order valence-corrected chi connectivity index (χ4v) is 4.30. The van der Waals surface area contributed by atoms with Gasteiger partial charge in [-0.1, -0.05) is 0 Å². The topological polar surface area (TPSA) is 58.4 Å². The fourth-order valence-electron chi connectivity index (χ4n) is 4.30. The molecule has 1 amide bonds. The van der Waals surface area contributed by atoms with E-state index in [9.17, 15) is 9.59 Å². The van der Waals surface area contributed by atoms with E-state index < -0.39 is 0 Å². The van der Waals surface area contributed by atoms with Crippen molar-refractivity contribution in [3.63, 3.8) is 0 Å². The molecule has 2 aliphatic rings. The van der Waals surface area contributed by atoms with Crippen LogP contribution >= 0.6 is 0 Å². The molecule has 6 nitrogen and oxygen atoms in total. The number of aryl methyl sites for hydroxylation is 1. The summed E-state index contributed by atoms with van der Waals surface area (Å²) in [6, 6.07) is 0. The molecule has 1 atom stereocenters. The summed E-state index contributed by atoms with van der Waals surface area (Å²) in [4.78, 5) is 32.8. The predicted molar refractivity (Wildman–Crippen MR) is 102 cm³/mol. The molecule has 1 unspecified atom stereocenters. The van der Waals surface area contributed by atoms with Crippen LogP contribution in [0.3, 0.4) is 0 Å². The van der Waals surface area contributed by atoms with Crippen molar-refractivity contribution in [2.75, 3.05) is 32.7 Å². The molecule has 0 radical (unpaired) electrons. The quantitative estimate of drug-likeness (QED) is 0.822. The van der Waals surface area contributed by atoms with Gasteiger partial charge in [0.05, 0.1) is 6.33 Å². The van der Waals surface area contributed by atoms with E-state index in [1.165, 1.54) is 6.42 Å². The zero-order chi connectivity index (χ0) is 18.7. The Morgan fingerprint density at radius 2 is 1.85 bits per heavy atom. The summed E-state index contributed by atoms with van der Waals surface area (Å²) in [5.41, 5.74) is 1.69. The summed E-state index contributed by atoms with van der Waals surface area (Å²) in [7, 11) is 0. The summed E-state index contributed by atoms with van der Waals surface area (Å²) in [6.07, 6.45) is 6.32. The Morgan fingerprint density at radius 3 is 2.54 bits per heavy atom. The number of rotatable bonds is 4. The second-order valence-electron chi connectivity index (χ2n) is 8.13. The van der Waals surface area contributed by atoms with E-state index >= 15 is 0 Å². The molecule has 0 aliphatic carbocycles. The number of likely N-dealkylation sites (tertiary alicyclic amines) is 2. The van der Waals surface area contributed by atoms with Gasteiger partial charge < -0.3 is 9.80 Å². The molecule has 3 heterocycles. The van der Waals surface area contributed by atoms with Gasteiger partial charge in [0.1, 0.15) is 0 Å². The zero-order valence-corrected chi connectivity index (χ0v) is 16.4. The highest BCUT2D eigenvalue weighted by Gasteiger charge is 2.26. The van der Waals surface area contributed by atoms with Gasteiger partial charge in [-0.3, -0.25) is 14.2 Å². The van der Waals surface area contributed by atoms with E-state index in [1.54, 1.807) is 17.8 Å². The SMILES string of the molecule is CC(=O)N1CCCC(CN2CCC(Cn3cnc(C)c(C)c3=O)CC2)C1. The monoisotopic (exact) mass is 360 g/mol. The Hall–Kier alpha value is -1.69. The van der Waals surface area contributed by atoms with Crippen LogP contribution in [0.25, 0.3) is 0 Å². The molecule has 144 valence electrons. The van der Waals surface area contributed by atoms with Crippen LogP contribution in [-0.4, -0.2) is 58.0 Å². The van der Waals surface area contributed by atoms with E-state index in [0.29, 0.717) is 11.8 Å². The van der Waals surface area contributed by atoms with E-state index in [2.05, 4.69) is 9.88 Å².